The summed E-state index contributed by atoms with van der Waals surface area (Å²) in [5.74, 6) is -1.19. The number of amides is 4. The Bertz CT molecular complexity index is 1220. The minimum atomic E-state index is -1.29. The van der Waals surface area contributed by atoms with Crippen LogP contribution in [-0.4, -0.2) is 51.6 Å². The van der Waals surface area contributed by atoms with E-state index in [2.05, 4.69) is 5.32 Å². The van der Waals surface area contributed by atoms with Crippen LogP contribution in [-0.2, 0) is 4.79 Å². The Morgan fingerprint density at radius 1 is 0.829 bits per heavy atom. The highest BCUT2D eigenvalue weighted by Gasteiger charge is 2.49. The van der Waals surface area contributed by atoms with Crippen LogP contribution in [0.5, 0.6) is 0 Å². The number of hydrogen-bond donors (Lipinski definition) is 2. The molecule has 4 amide bonds. The molecule has 8 heteroatoms. The Hall–Kier alpha value is -4.59. The summed E-state index contributed by atoms with van der Waals surface area (Å²) >= 11 is 0. The molecule has 0 aromatic heterocycles. The summed E-state index contributed by atoms with van der Waals surface area (Å²) in [7, 11) is 0. The van der Waals surface area contributed by atoms with Gasteiger partial charge in [-0.15, -0.1) is 0 Å². The SMILES string of the molecule is O=C(O)[C@@H]1C2=CC[C@@H](CN1C(=O)N(c1ccccc1)c1ccccc1)N2C(=O)Nc1ccccc1. The van der Waals surface area contributed by atoms with Crippen LogP contribution < -0.4 is 10.2 Å². The minimum Gasteiger partial charge on any atom is -0.479 e. The van der Waals surface area contributed by atoms with Gasteiger partial charge in [0.2, 0.25) is 0 Å². The fraction of sp³-hybridized carbons (Fsp3) is 0.148. The van der Waals surface area contributed by atoms with Crippen LogP contribution in [0, 0.1) is 0 Å². The molecule has 8 nitrogen and oxygen atoms in total. The van der Waals surface area contributed by atoms with Crippen LogP contribution in [0.4, 0.5) is 26.7 Å². The molecule has 3 aromatic carbocycles. The van der Waals surface area contributed by atoms with Gasteiger partial charge in [0.1, 0.15) is 0 Å². The molecule has 5 rings (SSSR count). The molecule has 2 bridgehead atoms. The van der Waals surface area contributed by atoms with E-state index in [1.54, 1.807) is 42.5 Å². The van der Waals surface area contributed by atoms with Crippen molar-refractivity contribution in [3.8, 4) is 0 Å². The zero-order valence-electron chi connectivity index (χ0n) is 18.8. The molecule has 2 aliphatic heterocycles. The summed E-state index contributed by atoms with van der Waals surface area (Å²) in [6.07, 6.45) is 2.22. The van der Waals surface area contributed by atoms with Crippen LogP contribution in [0.15, 0.2) is 103 Å². The molecular weight excluding hydrogens is 444 g/mol. The van der Waals surface area contributed by atoms with E-state index in [0.717, 1.165) is 0 Å². The number of carbonyl (C=O) groups is 3. The number of anilines is 3. The van der Waals surface area contributed by atoms with Crippen LogP contribution in [0.25, 0.3) is 0 Å². The third-order valence-corrected chi connectivity index (χ3v) is 6.19. The van der Waals surface area contributed by atoms with Crippen molar-refractivity contribution in [2.45, 2.75) is 18.5 Å². The maximum Gasteiger partial charge on any atom is 0.332 e. The van der Waals surface area contributed by atoms with Crippen molar-refractivity contribution in [2.75, 3.05) is 16.8 Å². The fourth-order valence-corrected chi connectivity index (χ4v) is 4.65. The van der Waals surface area contributed by atoms with Gasteiger partial charge in [-0.2, -0.15) is 0 Å². The van der Waals surface area contributed by atoms with E-state index in [-0.39, 0.29) is 12.6 Å². The zero-order chi connectivity index (χ0) is 24.4. The first-order valence-electron chi connectivity index (χ1n) is 11.3. The van der Waals surface area contributed by atoms with Gasteiger partial charge < -0.3 is 15.3 Å². The molecule has 1 fully saturated rings. The zero-order valence-corrected chi connectivity index (χ0v) is 18.8. The number of aliphatic carboxylic acids is 1. The third kappa shape index (κ3) is 4.21. The quantitative estimate of drug-likeness (QED) is 0.569. The van der Waals surface area contributed by atoms with Gasteiger partial charge in [-0.3, -0.25) is 9.80 Å². The average molecular weight is 469 g/mol. The molecule has 35 heavy (non-hydrogen) atoms. The van der Waals surface area contributed by atoms with Crippen molar-refractivity contribution >= 4 is 35.1 Å². The van der Waals surface area contributed by atoms with Crippen LogP contribution in [0.1, 0.15) is 6.42 Å². The predicted octanol–water partition coefficient (Wildman–Crippen LogP) is 4.90. The van der Waals surface area contributed by atoms with Gasteiger partial charge in [0.15, 0.2) is 6.04 Å². The fourth-order valence-electron chi connectivity index (χ4n) is 4.65. The summed E-state index contributed by atoms with van der Waals surface area (Å²) in [5, 5.41) is 13.0. The van der Waals surface area contributed by atoms with Gasteiger partial charge in [0.05, 0.1) is 23.1 Å². The number of benzene rings is 3. The van der Waals surface area contributed by atoms with Crippen LogP contribution >= 0.6 is 0 Å². The van der Waals surface area contributed by atoms with Crippen molar-refractivity contribution in [2.24, 2.45) is 0 Å². The summed E-state index contributed by atoms with van der Waals surface area (Å²) in [6, 6.07) is 24.7. The van der Waals surface area contributed by atoms with E-state index in [0.29, 0.717) is 29.2 Å². The molecule has 2 aliphatic rings. The lowest BCUT2D eigenvalue weighted by atomic mass is 10.1. The Morgan fingerprint density at radius 2 is 1.37 bits per heavy atom. The highest BCUT2D eigenvalue weighted by atomic mass is 16.4. The molecule has 3 aromatic rings. The molecule has 0 saturated carbocycles. The van der Waals surface area contributed by atoms with Crippen molar-refractivity contribution in [3.63, 3.8) is 0 Å². The summed E-state index contributed by atoms with van der Waals surface area (Å²) in [5.41, 5.74) is 2.16. The standard InChI is InChI=1S/C27H24N4O4/c32-25(33)24-23-17-16-22(31(23)26(34)28-19-10-4-1-5-11-19)18-29(24)27(35)30(20-12-6-2-7-13-20)21-14-8-3-9-15-21/h1-15,17,22,24H,16,18H2,(H,28,34)(H,32,33)/t22-,24-/m0/s1. The number of carbonyl (C=O) groups excluding carboxylic acids is 2. The normalized spacial score (nSPS) is 18.6. The first-order valence-corrected chi connectivity index (χ1v) is 11.3. The van der Waals surface area contributed by atoms with E-state index >= 15 is 0 Å². The van der Waals surface area contributed by atoms with E-state index < -0.39 is 24.1 Å². The predicted molar refractivity (Wildman–Crippen MR) is 132 cm³/mol. The van der Waals surface area contributed by atoms with Crippen LogP contribution in [0.3, 0.4) is 0 Å². The summed E-state index contributed by atoms with van der Waals surface area (Å²) < 4.78 is 0. The van der Waals surface area contributed by atoms with E-state index in [1.165, 1.54) is 14.7 Å². The number of hydrogen-bond acceptors (Lipinski definition) is 3. The number of piperazine rings is 1. The number of nitrogens with one attached hydrogen (secondary N) is 1. The maximum atomic E-state index is 13.9. The Kier molecular flexibility index (Phi) is 5.93. The molecule has 176 valence electrons. The number of carboxylic acid groups (broad SMARTS) is 1. The molecular formula is C27H24N4O4. The molecule has 0 aliphatic carbocycles. The highest BCUT2D eigenvalue weighted by Crippen LogP contribution is 2.36. The lowest BCUT2D eigenvalue weighted by Crippen LogP contribution is -2.62. The maximum absolute atomic E-state index is 13.9. The van der Waals surface area contributed by atoms with Crippen molar-refractivity contribution in [1.82, 2.24) is 9.80 Å². The second-order valence-electron chi connectivity index (χ2n) is 8.37. The number of carboxylic acids is 1. The third-order valence-electron chi connectivity index (χ3n) is 6.19. The molecule has 2 heterocycles. The molecule has 2 N–H and O–H groups in total. The average Bonchev–Trinajstić information content (AvgIpc) is 3.18. The largest absolute Gasteiger partial charge is 0.479 e. The second-order valence-corrected chi connectivity index (χ2v) is 8.37. The second kappa shape index (κ2) is 9.34. The number of rotatable bonds is 4. The lowest BCUT2D eigenvalue weighted by Gasteiger charge is -2.44. The van der Waals surface area contributed by atoms with Gasteiger partial charge in [0.25, 0.3) is 0 Å². The Morgan fingerprint density at radius 3 is 1.91 bits per heavy atom. The molecule has 0 unspecified atom stereocenters. The van der Waals surface area contributed by atoms with Crippen molar-refractivity contribution in [3.05, 3.63) is 103 Å². The van der Waals surface area contributed by atoms with Gasteiger partial charge in [-0.1, -0.05) is 60.7 Å². The van der Waals surface area contributed by atoms with E-state index in [1.807, 2.05) is 54.6 Å². The molecule has 0 radical (unpaired) electrons. The number of para-hydroxylation sites is 3. The van der Waals surface area contributed by atoms with E-state index in [4.69, 9.17) is 0 Å². The topological polar surface area (TPSA) is 93.2 Å². The van der Waals surface area contributed by atoms with Gasteiger partial charge in [0, 0.05) is 12.2 Å². The number of nitrogens with zero attached hydrogens (tertiary/aromatic N) is 3. The molecule has 0 spiro atoms. The number of urea groups is 2. The van der Waals surface area contributed by atoms with Gasteiger partial charge in [-0.05, 0) is 42.8 Å². The summed E-state index contributed by atoms with van der Waals surface area (Å²) in [4.78, 5) is 43.9. The number of fused-ring (bicyclic) bond motifs is 2. The first-order chi connectivity index (χ1) is 17.0. The minimum absolute atomic E-state index is 0.0914. The van der Waals surface area contributed by atoms with Gasteiger partial charge >= 0.3 is 18.0 Å². The first kappa shape index (κ1) is 22.2. The molecule has 2 atom stereocenters. The molecule has 1 saturated heterocycles. The van der Waals surface area contributed by atoms with E-state index in [9.17, 15) is 19.5 Å². The highest BCUT2D eigenvalue weighted by molar-refractivity contribution is 6.02. The smallest absolute Gasteiger partial charge is 0.332 e. The Balaban J connectivity index is 1.47. The monoisotopic (exact) mass is 468 g/mol. The van der Waals surface area contributed by atoms with Gasteiger partial charge in [-0.25, -0.2) is 14.4 Å². The summed E-state index contributed by atoms with van der Waals surface area (Å²) in [6.45, 7) is 0.0914. The lowest BCUT2D eigenvalue weighted by molar-refractivity contribution is -0.142. The van der Waals surface area contributed by atoms with Crippen LogP contribution in [0.2, 0.25) is 0 Å². The van der Waals surface area contributed by atoms with Crippen molar-refractivity contribution in [1.29, 1.82) is 0 Å². The Labute approximate surface area is 202 Å². The van der Waals surface area contributed by atoms with Crippen molar-refractivity contribution < 1.29 is 19.5 Å².